The predicted molar refractivity (Wildman–Crippen MR) is 248 cm³/mol. The topological polar surface area (TPSA) is 21.7 Å². The molecule has 2 heterocycles. The molecule has 0 saturated heterocycles. The third-order valence-corrected chi connectivity index (χ3v) is 13.5. The second-order valence-electron chi connectivity index (χ2n) is 17.1. The van der Waals surface area contributed by atoms with Crippen LogP contribution in [0.25, 0.3) is 27.8 Å². The first-order valence-corrected chi connectivity index (χ1v) is 21.4. The van der Waals surface area contributed by atoms with Gasteiger partial charge in [-0.2, -0.15) is 0 Å². The van der Waals surface area contributed by atoms with Gasteiger partial charge in [-0.1, -0.05) is 190 Å². The molecule has 0 aromatic heterocycles. The standard InChI is InChI=1S/C58H43NO2/c1-57(2)46-23-10-9-21-44(46)45-36-35-42(37-51(45)57)59(41-33-31-39(32-34-41)38-17-5-3-6-18-38)52-28-16-27-50-56(52)61-55-43(40-19-7-4-8-20-40)22-15-26-49(55)58(50)47-24-11-13-29-53(47)60-54-30-14-12-25-48(54)58/h3-34,36-37,42H,35H2,1-2H3. The number of benzene rings is 8. The Labute approximate surface area is 357 Å². The number of rotatable bonds is 5. The van der Waals surface area contributed by atoms with Gasteiger partial charge in [-0.05, 0) is 75.7 Å². The predicted octanol–water partition coefficient (Wildman–Crippen LogP) is 14.8. The van der Waals surface area contributed by atoms with Crippen LogP contribution >= 0.6 is 0 Å². The summed E-state index contributed by atoms with van der Waals surface area (Å²) in [6, 6.07) is 69.8. The van der Waals surface area contributed by atoms with E-state index in [2.05, 4.69) is 225 Å². The maximum absolute atomic E-state index is 7.60. The van der Waals surface area contributed by atoms with Crippen molar-refractivity contribution in [1.29, 1.82) is 0 Å². The molecule has 3 heteroatoms. The quantitative estimate of drug-likeness (QED) is 0.173. The molecule has 61 heavy (non-hydrogen) atoms. The van der Waals surface area contributed by atoms with E-state index in [0.717, 1.165) is 74.2 Å². The lowest BCUT2D eigenvalue weighted by Crippen LogP contribution is -2.38. The first kappa shape index (κ1) is 35.6. The number of hydrogen-bond donors (Lipinski definition) is 0. The minimum atomic E-state index is -0.745. The van der Waals surface area contributed by atoms with E-state index in [4.69, 9.17) is 9.47 Å². The van der Waals surface area contributed by atoms with E-state index in [9.17, 15) is 0 Å². The molecule has 0 saturated carbocycles. The van der Waals surface area contributed by atoms with E-state index < -0.39 is 5.41 Å². The summed E-state index contributed by atoms with van der Waals surface area (Å²) in [6.45, 7) is 4.75. The third kappa shape index (κ3) is 5.23. The van der Waals surface area contributed by atoms with E-state index in [1.54, 1.807) is 0 Å². The van der Waals surface area contributed by atoms with Crippen molar-refractivity contribution in [2.24, 2.45) is 0 Å². The Kier molecular flexibility index (Phi) is 7.92. The lowest BCUT2D eigenvalue weighted by atomic mass is 9.62. The van der Waals surface area contributed by atoms with Gasteiger partial charge in [0.05, 0.1) is 17.1 Å². The molecular formula is C58H43NO2. The monoisotopic (exact) mass is 785 g/mol. The zero-order valence-electron chi connectivity index (χ0n) is 34.2. The van der Waals surface area contributed by atoms with Crippen LogP contribution in [0.1, 0.15) is 53.6 Å². The number of para-hydroxylation sites is 4. The second-order valence-corrected chi connectivity index (χ2v) is 17.1. The lowest BCUT2D eigenvalue weighted by molar-refractivity contribution is 0.400. The summed E-state index contributed by atoms with van der Waals surface area (Å²) in [5.41, 5.74) is 15.6. The fraction of sp³-hybridized carbons (Fsp3) is 0.103. The molecular weight excluding hydrogens is 743 g/mol. The average Bonchev–Trinajstić information content (AvgIpc) is 3.55. The maximum Gasteiger partial charge on any atom is 0.155 e. The van der Waals surface area contributed by atoms with Gasteiger partial charge >= 0.3 is 0 Å². The third-order valence-electron chi connectivity index (χ3n) is 13.5. The smallest absolute Gasteiger partial charge is 0.155 e. The Bertz CT molecular complexity index is 3040. The SMILES string of the molecule is CC1(C)C2=CC(N(c3ccc(-c4ccccc4)cc3)c3cccc4c3Oc3c(-c5ccccc5)cccc3C43c4ccccc4Oc4ccccc43)CC=C2c2ccccc21. The van der Waals surface area contributed by atoms with Crippen molar-refractivity contribution in [3.8, 4) is 45.3 Å². The number of nitrogens with zero attached hydrogens (tertiary/aromatic N) is 1. The highest BCUT2D eigenvalue weighted by molar-refractivity contribution is 5.92. The molecule has 0 bridgehead atoms. The van der Waals surface area contributed by atoms with Crippen LogP contribution in [0, 0.1) is 0 Å². The van der Waals surface area contributed by atoms with E-state index in [0.29, 0.717) is 0 Å². The number of hydrogen-bond acceptors (Lipinski definition) is 3. The Morgan fingerprint density at radius 1 is 0.459 bits per heavy atom. The van der Waals surface area contributed by atoms with Gasteiger partial charge < -0.3 is 14.4 Å². The van der Waals surface area contributed by atoms with Crippen molar-refractivity contribution >= 4 is 16.9 Å². The summed E-state index contributed by atoms with van der Waals surface area (Å²) in [5.74, 6) is 3.40. The van der Waals surface area contributed by atoms with Gasteiger partial charge in [0.1, 0.15) is 17.2 Å². The summed E-state index contributed by atoms with van der Waals surface area (Å²) in [4.78, 5) is 2.54. The molecule has 0 N–H and O–H groups in total. The van der Waals surface area contributed by atoms with E-state index >= 15 is 0 Å². The lowest BCUT2D eigenvalue weighted by Gasteiger charge is -2.46. The fourth-order valence-corrected chi connectivity index (χ4v) is 10.8. The fourth-order valence-electron chi connectivity index (χ4n) is 10.8. The van der Waals surface area contributed by atoms with Gasteiger partial charge in [0.2, 0.25) is 0 Å². The number of ether oxygens (including phenoxy) is 2. The second kappa shape index (κ2) is 13.6. The molecule has 8 aromatic carbocycles. The van der Waals surface area contributed by atoms with E-state index in [-0.39, 0.29) is 11.5 Å². The molecule has 2 aliphatic heterocycles. The van der Waals surface area contributed by atoms with Gasteiger partial charge in [0, 0.05) is 38.9 Å². The largest absolute Gasteiger partial charge is 0.457 e. The number of anilines is 2. The van der Waals surface area contributed by atoms with Crippen LogP contribution in [0.3, 0.4) is 0 Å². The highest BCUT2D eigenvalue weighted by atomic mass is 16.5. The van der Waals surface area contributed by atoms with Gasteiger partial charge in [-0.3, -0.25) is 0 Å². The molecule has 3 nitrogen and oxygen atoms in total. The van der Waals surface area contributed by atoms with Crippen LogP contribution in [0.5, 0.6) is 23.0 Å². The molecule has 8 aromatic rings. The molecule has 1 spiro atoms. The molecule has 4 aliphatic rings. The van der Waals surface area contributed by atoms with E-state index in [1.807, 2.05) is 0 Å². The van der Waals surface area contributed by atoms with Gasteiger partial charge in [0.25, 0.3) is 0 Å². The zero-order valence-corrected chi connectivity index (χ0v) is 34.2. The highest BCUT2D eigenvalue weighted by Crippen LogP contribution is 2.64. The summed E-state index contributed by atoms with van der Waals surface area (Å²) < 4.78 is 14.4. The molecule has 1 unspecified atom stereocenters. The summed E-state index contributed by atoms with van der Waals surface area (Å²) in [7, 11) is 0. The first-order chi connectivity index (χ1) is 30.0. The highest BCUT2D eigenvalue weighted by Gasteiger charge is 2.52. The minimum absolute atomic E-state index is 0.000915. The maximum atomic E-state index is 7.60. The van der Waals surface area contributed by atoms with Crippen molar-refractivity contribution < 1.29 is 9.47 Å². The Morgan fingerprint density at radius 3 is 1.70 bits per heavy atom. The van der Waals surface area contributed by atoms with Crippen molar-refractivity contribution in [1.82, 2.24) is 0 Å². The van der Waals surface area contributed by atoms with Crippen LogP contribution in [0.2, 0.25) is 0 Å². The molecule has 0 radical (unpaired) electrons. The first-order valence-electron chi connectivity index (χ1n) is 21.4. The van der Waals surface area contributed by atoms with Gasteiger partial charge in [-0.25, -0.2) is 0 Å². The summed E-state index contributed by atoms with van der Waals surface area (Å²) in [5, 5.41) is 0. The Balaban J connectivity index is 1.13. The molecule has 292 valence electrons. The molecule has 12 rings (SSSR count). The van der Waals surface area contributed by atoms with Crippen LogP contribution in [-0.2, 0) is 10.8 Å². The van der Waals surface area contributed by atoms with Crippen molar-refractivity contribution in [2.45, 2.75) is 37.1 Å². The van der Waals surface area contributed by atoms with E-state index in [1.165, 1.54) is 33.4 Å². The normalized spacial score (nSPS) is 16.9. The minimum Gasteiger partial charge on any atom is -0.457 e. The molecule has 0 fully saturated rings. The summed E-state index contributed by atoms with van der Waals surface area (Å²) in [6.07, 6.45) is 5.86. The number of fused-ring (bicyclic) bond motifs is 11. The van der Waals surface area contributed by atoms with Crippen LogP contribution in [-0.4, -0.2) is 6.04 Å². The van der Waals surface area contributed by atoms with Crippen molar-refractivity contribution in [2.75, 3.05) is 4.90 Å². The van der Waals surface area contributed by atoms with Crippen LogP contribution in [0.15, 0.2) is 212 Å². The Morgan fingerprint density at radius 2 is 1.00 bits per heavy atom. The average molecular weight is 786 g/mol. The Hall–Kier alpha value is -7.36. The number of allylic oxidation sites excluding steroid dienone is 2. The molecule has 1 atom stereocenters. The van der Waals surface area contributed by atoms with Gasteiger partial charge in [-0.15, -0.1) is 0 Å². The van der Waals surface area contributed by atoms with Crippen LogP contribution < -0.4 is 14.4 Å². The molecule has 2 aliphatic carbocycles. The van der Waals surface area contributed by atoms with Gasteiger partial charge in [0.15, 0.2) is 5.75 Å². The van der Waals surface area contributed by atoms with Crippen molar-refractivity contribution in [3.63, 3.8) is 0 Å². The van der Waals surface area contributed by atoms with Crippen LogP contribution in [0.4, 0.5) is 11.4 Å². The summed E-state index contributed by atoms with van der Waals surface area (Å²) >= 11 is 0. The molecule has 0 amide bonds. The zero-order chi connectivity index (χ0) is 40.7. The van der Waals surface area contributed by atoms with Crippen molar-refractivity contribution in [3.05, 3.63) is 245 Å².